The number of halogens is 1. The molecule has 5 atom stereocenters. The minimum Gasteiger partial charge on any atom is -0.487 e. The highest BCUT2D eigenvalue weighted by Gasteiger charge is 2.39. The molecule has 2 aromatic rings. The summed E-state index contributed by atoms with van der Waals surface area (Å²) in [6, 6.07) is 11.0. The van der Waals surface area contributed by atoms with Crippen molar-refractivity contribution in [2.45, 2.75) is 77.1 Å². The van der Waals surface area contributed by atoms with Crippen LogP contribution < -0.4 is 14.4 Å². The second-order valence-electron chi connectivity index (χ2n) is 13.2. The van der Waals surface area contributed by atoms with E-state index >= 15 is 0 Å². The van der Waals surface area contributed by atoms with E-state index in [2.05, 4.69) is 9.62 Å². The van der Waals surface area contributed by atoms with E-state index in [1.165, 1.54) is 6.26 Å². The molecule has 1 amide bonds. The monoisotopic (exact) mass is 664 g/mol. The molecule has 1 fully saturated rings. The quantitative estimate of drug-likeness (QED) is 0.418. The lowest BCUT2D eigenvalue weighted by Crippen LogP contribution is -2.44. The van der Waals surface area contributed by atoms with Gasteiger partial charge in [0.15, 0.2) is 0 Å². The number of aryl methyl sites for hydroxylation is 1. The first-order chi connectivity index (χ1) is 20.8. The lowest BCUT2D eigenvalue weighted by atomic mass is 9.66. The molecule has 1 aliphatic carbocycles. The third-order valence-electron chi connectivity index (χ3n) is 10.1. The van der Waals surface area contributed by atoms with Gasteiger partial charge in [-0.2, -0.15) is 0 Å². The number of carbonyl (C=O) groups excluding carboxylic acids is 1. The highest BCUT2D eigenvalue weighted by atomic mass is 35.5. The lowest BCUT2D eigenvalue weighted by Gasteiger charge is -2.45. The highest BCUT2D eigenvalue weighted by Crippen LogP contribution is 2.44. The number of benzene rings is 2. The maximum Gasteiger partial charge on any atom is 0.264 e. The molecule has 11 heteroatoms. The van der Waals surface area contributed by atoms with Crippen LogP contribution in [-0.4, -0.2) is 53.1 Å². The van der Waals surface area contributed by atoms with Crippen LogP contribution in [0, 0.1) is 23.7 Å². The number of rotatable bonds is 2. The molecule has 5 rings (SSSR count). The average molecular weight is 665 g/mol. The molecule has 2 aromatic carbocycles. The standard InChI is InChI=1S/C33H45ClN2O6S2/c1-22-7-6-9-28(21-43(3,38)39)30-14-11-26(30)19-36-16-5-4-8-24-17-29(34)13-10-27(24)20-42-32-15-12-25(18-31(32)36)33(37)35-44(40,41)23(22)2/h10,12-13,15,17-18,22-23,26,28,30H,4-9,11,14,16,19-21H2,1-3H3,(H,35,37)/t22?,23-,26?,28+,30?/m1/s1. The second kappa shape index (κ2) is 13.6. The van der Waals surface area contributed by atoms with Gasteiger partial charge in [0.25, 0.3) is 5.91 Å². The molecule has 1 saturated carbocycles. The number of sulfonamides is 1. The minimum absolute atomic E-state index is 0.0284. The van der Waals surface area contributed by atoms with E-state index in [9.17, 15) is 21.6 Å². The fourth-order valence-electron chi connectivity index (χ4n) is 7.14. The molecule has 0 aromatic heterocycles. The van der Waals surface area contributed by atoms with Crippen molar-refractivity contribution in [2.75, 3.05) is 30.0 Å². The van der Waals surface area contributed by atoms with Gasteiger partial charge in [-0.15, -0.1) is 0 Å². The van der Waals surface area contributed by atoms with Gasteiger partial charge >= 0.3 is 0 Å². The second-order valence-corrected chi connectivity index (χ2v) is 17.9. The number of nitrogens with one attached hydrogen (secondary N) is 1. The van der Waals surface area contributed by atoms with Gasteiger partial charge < -0.3 is 9.64 Å². The molecule has 242 valence electrons. The smallest absolute Gasteiger partial charge is 0.264 e. The van der Waals surface area contributed by atoms with Crippen LogP contribution in [0.5, 0.6) is 5.75 Å². The Morgan fingerprint density at radius 3 is 2.52 bits per heavy atom. The molecule has 8 nitrogen and oxygen atoms in total. The molecule has 2 bridgehead atoms. The number of fused-ring (bicyclic) bond motifs is 3. The average Bonchev–Trinajstić information content (AvgIpc) is 2.96. The van der Waals surface area contributed by atoms with E-state index in [1.54, 1.807) is 25.1 Å². The van der Waals surface area contributed by atoms with Gasteiger partial charge in [-0.25, -0.2) is 21.6 Å². The number of amides is 1. The van der Waals surface area contributed by atoms with Gasteiger partial charge in [-0.3, -0.25) is 4.79 Å². The van der Waals surface area contributed by atoms with Crippen LogP contribution in [0.1, 0.15) is 80.3 Å². The van der Waals surface area contributed by atoms with Crippen LogP contribution >= 0.6 is 11.6 Å². The normalized spacial score (nSPS) is 28.2. The Morgan fingerprint density at radius 1 is 1.00 bits per heavy atom. The fraction of sp³-hybridized carbons (Fsp3) is 0.606. The van der Waals surface area contributed by atoms with Crippen LogP contribution in [-0.2, 0) is 32.9 Å². The predicted molar refractivity (Wildman–Crippen MR) is 176 cm³/mol. The third-order valence-corrected chi connectivity index (χ3v) is 13.2. The predicted octanol–water partition coefficient (Wildman–Crippen LogP) is 6.02. The van der Waals surface area contributed by atoms with Gasteiger partial charge in [-0.05, 0) is 117 Å². The summed E-state index contributed by atoms with van der Waals surface area (Å²) in [5.41, 5.74) is 3.23. The van der Waals surface area contributed by atoms with Gasteiger partial charge in [-0.1, -0.05) is 31.0 Å². The van der Waals surface area contributed by atoms with E-state index in [0.29, 0.717) is 29.7 Å². The summed E-state index contributed by atoms with van der Waals surface area (Å²) in [6.45, 7) is 5.30. The summed E-state index contributed by atoms with van der Waals surface area (Å²) < 4.78 is 60.3. The Bertz CT molecular complexity index is 1580. The van der Waals surface area contributed by atoms with Crippen LogP contribution in [0.4, 0.5) is 5.69 Å². The maximum absolute atomic E-state index is 13.4. The summed E-state index contributed by atoms with van der Waals surface area (Å²) in [6.07, 6.45) is 8.15. The molecule has 3 aliphatic rings. The maximum atomic E-state index is 13.4. The number of nitrogens with zero attached hydrogens (tertiary/aromatic N) is 1. The van der Waals surface area contributed by atoms with Crippen molar-refractivity contribution >= 4 is 43.1 Å². The Morgan fingerprint density at radius 2 is 1.80 bits per heavy atom. The van der Waals surface area contributed by atoms with E-state index in [1.807, 2.05) is 25.1 Å². The zero-order chi connectivity index (χ0) is 31.6. The first-order valence-corrected chi connectivity index (χ1v) is 19.8. The van der Waals surface area contributed by atoms with Crippen molar-refractivity contribution < 1.29 is 26.4 Å². The molecule has 0 saturated heterocycles. The highest BCUT2D eigenvalue weighted by molar-refractivity contribution is 7.90. The third kappa shape index (κ3) is 7.91. The van der Waals surface area contributed by atoms with Crippen molar-refractivity contribution in [1.82, 2.24) is 4.72 Å². The van der Waals surface area contributed by atoms with E-state index in [0.717, 1.165) is 74.8 Å². The zero-order valence-corrected chi connectivity index (χ0v) is 28.3. The molecular formula is C33H45ClN2O6S2. The Balaban J connectivity index is 1.54. The summed E-state index contributed by atoms with van der Waals surface area (Å²) in [5, 5.41) is -0.0866. The number of carbonyl (C=O) groups is 1. The topological polar surface area (TPSA) is 110 Å². The SMILES string of the molecule is CC1CCC[C@@H](CS(C)(=O)=O)C2CCC2CN2CCCCc3cc(Cl)ccc3COc3ccc(cc32)C(=O)NS(=O)(=O)[C@@H]1C. The molecule has 2 heterocycles. The summed E-state index contributed by atoms with van der Waals surface area (Å²) >= 11 is 6.32. The largest absolute Gasteiger partial charge is 0.487 e. The number of sulfone groups is 1. The van der Waals surface area contributed by atoms with Crippen molar-refractivity contribution in [3.8, 4) is 5.75 Å². The number of hydrogen-bond donors (Lipinski definition) is 1. The number of anilines is 1. The Labute approximate surface area is 267 Å². The fourth-order valence-corrected chi connectivity index (χ4v) is 9.83. The van der Waals surface area contributed by atoms with Crippen molar-refractivity contribution in [3.05, 3.63) is 58.1 Å². The van der Waals surface area contributed by atoms with Crippen LogP contribution in [0.3, 0.4) is 0 Å². The molecule has 44 heavy (non-hydrogen) atoms. The Kier molecular flexibility index (Phi) is 10.2. The lowest BCUT2D eigenvalue weighted by molar-refractivity contribution is 0.0980. The van der Waals surface area contributed by atoms with Gasteiger partial charge in [0.05, 0.1) is 16.7 Å². The molecular weight excluding hydrogens is 620 g/mol. The number of ether oxygens (including phenoxy) is 1. The van der Waals surface area contributed by atoms with Crippen molar-refractivity contribution in [1.29, 1.82) is 0 Å². The van der Waals surface area contributed by atoms with E-state index in [-0.39, 0.29) is 29.1 Å². The Hall–Kier alpha value is -2.30. The summed E-state index contributed by atoms with van der Waals surface area (Å²) in [7, 11) is -7.12. The van der Waals surface area contributed by atoms with E-state index < -0.39 is 31.0 Å². The molecule has 3 unspecified atom stereocenters. The minimum atomic E-state index is -3.94. The summed E-state index contributed by atoms with van der Waals surface area (Å²) in [5.74, 6) is 0.546. The van der Waals surface area contributed by atoms with Crippen molar-refractivity contribution in [2.24, 2.45) is 23.7 Å². The van der Waals surface area contributed by atoms with Gasteiger partial charge in [0, 0.05) is 29.9 Å². The van der Waals surface area contributed by atoms with E-state index in [4.69, 9.17) is 16.3 Å². The zero-order valence-electron chi connectivity index (χ0n) is 25.9. The van der Waals surface area contributed by atoms with Gasteiger partial charge in [0.1, 0.15) is 22.2 Å². The number of hydrogen-bond acceptors (Lipinski definition) is 7. The summed E-state index contributed by atoms with van der Waals surface area (Å²) in [4.78, 5) is 15.6. The first-order valence-electron chi connectivity index (χ1n) is 15.8. The molecule has 2 aliphatic heterocycles. The van der Waals surface area contributed by atoms with Crippen molar-refractivity contribution in [3.63, 3.8) is 0 Å². The van der Waals surface area contributed by atoms with Crippen LogP contribution in [0.25, 0.3) is 0 Å². The first kappa shape index (κ1) is 33.1. The van der Waals surface area contributed by atoms with Crippen LogP contribution in [0.15, 0.2) is 36.4 Å². The van der Waals surface area contributed by atoms with Crippen LogP contribution in [0.2, 0.25) is 5.02 Å². The van der Waals surface area contributed by atoms with Gasteiger partial charge in [0.2, 0.25) is 10.0 Å². The molecule has 1 N–H and O–H groups in total. The molecule has 0 radical (unpaired) electrons. The molecule has 0 spiro atoms.